The Hall–Kier alpha value is -6.21. The van der Waals surface area contributed by atoms with Crippen molar-refractivity contribution in [3.8, 4) is 44.5 Å². The summed E-state index contributed by atoms with van der Waals surface area (Å²) < 4.78 is 2.49. The molecule has 53 heavy (non-hydrogen) atoms. The van der Waals surface area contributed by atoms with Crippen LogP contribution in [0.3, 0.4) is 0 Å². The molecule has 0 radical (unpaired) electrons. The van der Waals surface area contributed by atoms with Crippen LogP contribution >= 0.6 is 8.73 Å². The summed E-state index contributed by atoms with van der Waals surface area (Å²) in [5, 5.41) is 5.09. The lowest BCUT2D eigenvalue weighted by molar-refractivity contribution is 1.38. The van der Waals surface area contributed by atoms with Crippen LogP contribution in [0.5, 0.6) is 0 Å². The van der Waals surface area contributed by atoms with Crippen LogP contribution in [0.2, 0.25) is 0 Å². The molecule has 3 heteroatoms. The standard InChI is InChI=1S/C50H41N2P/c1-36-27-29-44(34-47(36)40-21-11-5-12-22-40)51-49-25-15-16-26-50(49)52(45-30-28-37(2)48(35-45)41-23-13-6-14-24-41)53-46-32-42(38-17-7-3-8-18-38)31-43(33-46)39-19-9-4-10-20-39/h3-35,51,53H,1-2H3. The molecule has 0 saturated carbocycles. The molecule has 8 rings (SSSR count). The number of para-hydroxylation sites is 2. The SMILES string of the molecule is Cc1ccc(Nc2ccccc2N(Pc2cc(-c3ccccc3)cc(-c3ccccc3)c2)c2ccc(C)c(-c3ccccc3)c2)cc1-c1ccccc1. The zero-order valence-corrected chi connectivity index (χ0v) is 31.0. The summed E-state index contributed by atoms with van der Waals surface area (Å²) >= 11 is 0. The van der Waals surface area contributed by atoms with E-state index < -0.39 is 0 Å². The van der Waals surface area contributed by atoms with E-state index in [0.717, 1.165) is 22.7 Å². The average Bonchev–Trinajstić information content (AvgIpc) is 3.22. The van der Waals surface area contributed by atoms with Gasteiger partial charge in [0, 0.05) is 20.1 Å². The van der Waals surface area contributed by atoms with Gasteiger partial charge in [-0.25, -0.2) is 0 Å². The van der Waals surface area contributed by atoms with Crippen LogP contribution in [0.25, 0.3) is 44.5 Å². The first kappa shape index (κ1) is 33.9. The average molecular weight is 701 g/mol. The van der Waals surface area contributed by atoms with Crippen LogP contribution in [0.15, 0.2) is 200 Å². The molecular formula is C50H41N2P. The number of benzene rings is 8. The third-order valence-corrected chi connectivity index (χ3v) is 11.0. The van der Waals surface area contributed by atoms with Gasteiger partial charge in [0.2, 0.25) is 0 Å². The summed E-state index contributed by atoms with van der Waals surface area (Å²) in [6, 6.07) is 72.0. The van der Waals surface area contributed by atoms with Crippen molar-refractivity contribution in [2.75, 3.05) is 9.99 Å². The first-order valence-corrected chi connectivity index (χ1v) is 19.0. The zero-order valence-electron chi connectivity index (χ0n) is 30.0. The van der Waals surface area contributed by atoms with E-state index in [9.17, 15) is 0 Å². The van der Waals surface area contributed by atoms with Gasteiger partial charge in [-0.05, 0) is 129 Å². The summed E-state index contributed by atoms with van der Waals surface area (Å²) in [4.78, 5) is 0. The highest BCUT2D eigenvalue weighted by molar-refractivity contribution is 7.49. The number of rotatable bonds is 10. The Morgan fingerprint density at radius 3 is 1.43 bits per heavy atom. The Bertz CT molecular complexity index is 2400. The lowest BCUT2D eigenvalue weighted by Gasteiger charge is -2.29. The molecule has 1 N–H and O–H groups in total. The van der Waals surface area contributed by atoms with E-state index in [-0.39, 0.29) is 0 Å². The summed E-state index contributed by atoms with van der Waals surface area (Å²) in [6.45, 7) is 4.38. The summed E-state index contributed by atoms with van der Waals surface area (Å²) in [6.07, 6.45) is 0. The lowest BCUT2D eigenvalue weighted by Crippen LogP contribution is -2.13. The second-order valence-electron chi connectivity index (χ2n) is 13.4. The molecule has 8 aromatic carbocycles. The molecule has 0 aliphatic heterocycles. The van der Waals surface area contributed by atoms with Crippen molar-refractivity contribution in [3.05, 3.63) is 211 Å². The van der Waals surface area contributed by atoms with Gasteiger partial charge in [0.15, 0.2) is 0 Å². The monoisotopic (exact) mass is 700 g/mol. The third-order valence-electron chi connectivity index (χ3n) is 9.70. The Kier molecular flexibility index (Phi) is 9.97. The highest BCUT2D eigenvalue weighted by Crippen LogP contribution is 2.44. The Labute approximate surface area is 315 Å². The van der Waals surface area contributed by atoms with Gasteiger partial charge in [-0.2, -0.15) is 0 Å². The molecule has 0 spiro atoms. The maximum atomic E-state index is 3.84. The molecule has 1 unspecified atom stereocenters. The fraction of sp³-hybridized carbons (Fsp3) is 0.0400. The topological polar surface area (TPSA) is 15.3 Å². The van der Waals surface area contributed by atoms with Crippen molar-refractivity contribution in [3.63, 3.8) is 0 Å². The molecule has 256 valence electrons. The summed E-state index contributed by atoms with van der Waals surface area (Å²) in [5.74, 6) is 0. The van der Waals surface area contributed by atoms with Gasteiger partial charge in [0.25, 0.3) is 0 Å². The second kappa shape index (κ2) is 15.6. The van der Waals surface area contributed by atoms with Crippen LogP contribution in [0, 0.1) is 13.8 Å². The van der Waals surface area contributed by atoms with E-state index in [4.69, 9.17) is 0 Å². The normalized spacial score (nSPS) is 11.1. The van der Waals surface area contributed by atoms with Crippen molar-refractivity contribution < 1.29 is 0 Å². The predicted octanol–water partition coefficient (Wildman–Crippen LogP) is 13.8. The number of nitrogens with zero attached hydrogens (tertiary/aromatic N) is 1. The highest BCUT2D eigenvalue weighted by atomic mass is 31.1. The van der Waals surface area contributed by atoms with E-state index in [1.54, 1.807) is 0 Å². The van der Waals surface area contributed by atoms with Gasteiger partial charge in [0.05, 0.1) is 11.4 Å². The van der Waals surface area contributed by atoms with Gasteiger partial charge < -0.3 is 9.99 Å². The molecule has 0 aliphatic carbocycles. The molecular weight excluding hydrogens is 660 g/mol. The van der Waals surface area contributed by atoms with Crippen LogP contribution in [0.1, 0.15) is 11.1 Å². The second-order valence-corrected chi connectivity index (χ2v) is 14.6. The largest absolute Gasteiger partial charge is 0.354 e. The molecule has 2 nitrogen and oxygen atoms in total. The zero-order chi connectivity index (χ0) is 36.0. The van der Waals surface area contributed by atoms with Gasteiger partial charge in [-0.1, -0.05) is 146 Å². The Balaban J connectivity index is 1.26. The summed E-state index contributed by atoms with van der Waals surface area (Å²) in [5.41, 5.74) is 16.6. The summed E-state index contributed by atoms with van der Waals surface area (Å²) in [7, 11) is 0.307. The maximum absolute atomic E-state index is 3.84. The molecule has 0 heterocycles. The molecule has 0 amide bonds. The fourth-order valence-electron chi connectivity index (χ4n) is 6.92. The van der Waals surface area contributed by atoms with E-state index in [1.807, 2.05) is 0 Å². The lowest BCUT2D eigenvalue weighted by atomic mass is 9.99. The van der Waals surface area contributed by atoms with Crippen LogP contribution in [0.4, 0.5) is 22.7 Å². The van der Waals surface area contributed by atoms with Crippen LogP contribution in [-0.4, -0.2) is 0 Å². The predicted molar refractivity (Wildman–Crippen MR) is 230 cm³/mol. The van der Waals surface area contributed by atoms with Crippen molar-refractivity contribution >= 4 is 36.8 Å². The van der Waals surface area contributed by atoms with Gasteiger partial charge >= 0.3 is 0 Å². The van der Waals surface area contributed by atoms with E-state index in [2.05, 4.69) is 224 Å². The van der Waals surface area contributed by atoms with Gasteiger partial charge in [-0.15, -0.1) is 0 Å². The van der Waals surface area contributed by atoms with Crippen molar-refractivity contribution in [1.82, 2.24) is 0 Å². The smallest absolute Gasteiger partial charge is 0.0684 e. The quantitative estimate of drug-likeness (QED) is 0.143. The van der Waals surface area contributed by atoms with Crippen molar-refractivity contribution in [2.24, 2.45) is 0 Å². The number of nitrogens with one attached hydrogen (secondary N) is 1. The molecule has 1 atom stereocenters. The number of aryl methyl sites for hydroxylation is 2. The Morgan fingerprint density at radius 2 is 0.868 bits per heavy atom. The van der Waals surface area contributed by atoms with E-state index in [0.29, 0.717) is 8.73 Å². The van der Waals surface area contributed by atoms with Crippen molar-refractivity contribution in [1.29, 1.82) is 0 Å². The molecule has 8 aromatic rings. The number of hydrogen-bond donors (Lipinski definition) is 1. The van der Waals surface area contributed by atoms with Gasteiger partial charge in [0.1, 0.15) is 0 Å². The fourth-order valence-corrected chi connectivity index (χ4v) is 8.20. The number of hydrogen-bond acceptors (Lipinski definition) is 2. The van der Waals surface area contributed by atoms with Crippen LogP contribution < -0.4 is 15.3 Å². The first-order valence-electron chi connectivity index (χ1n) is 18.1. The first-order chi connectivity index (χ1) is 26.1. The van der Waals surface area contributed by atoms with Crippen LogP contribution in [-0.2, 0) is 0 Å². The molecule has 0 aliphatic rings. The van der Waals surface area contributed by atoms with Gasteiger partial charge in [-0.3, -0.25) is 0 Å². The van der Waals surface area contributed by atoms with E-state index in [1.165, 1.54) is 60.9 Å². The Morgan fingerprint density at radius 1 is 0.396 bits per heavy atom. The number of anilines is 4. The minimum Gasteiger partial charge on any atom is -0.354 e. The van der Waals surface area contributed by atoms with Crippen molar-refractivity contribution in [2.45, 2.75) is 13.8 Å². The third kappa shape index (κ3) is 7.70. The minimum atomic E-state index is 0.307. The highest BCUT2D eigenvalue weighted by Gasteiger charge is 2.18. The molecule has 0 saturated heterocycles. The molecule has 0 bridgehead atoms. The molecule has 0 aromatic heterocycles. The molecule has 0 fully saturated rings. The van der Waals surface area contributed by atoms with E-state index >= 15 is 0 Å². The maximum Gasteiger partial charge on any atom is 0.0684 e. The minimum absolute atomic E-state index is 0.307.